The average molecular weight is 174 g/mol. The molecule has 4 fully saturated rings. The summed E-state index contributed by atoms with van der Waals surface area (Å²) in [6.07, 6.45) is 11.8. The van der Waals surface area contributed by atoms with E-state index in [9.17, 15) is 0 Å². The minimum absolute atomic E-state index is 1.07. The van der Waals surface area contributed by atoms with Crippen molar-refractivity contribution in [3.05, 3.63) is 12.3 Å². The second kappa shape index (κ2) is 2.32. The molecule has 0 nitrogen and oxygen atoms in total. The van der Waals surface area contributed by atoms with Crippen molar-refractivity contribution in [1.82, 2.24) is 0 Å². The van der Waals surface area contributed by atoms with Crippen LogP contribution in [0.4, 0.5) is 0 Å². The summed E-state index contributed by atoms with van der Waals surface area (Å²) in [5.74, 6) is 7.57. The molecule has 5 unspecified atom stereocenters. The standard InChI is InChI=1S/C13H18/c1-2-8-7-12-9-4-5-10(6-9)13(12)11(8)3-1/h2,9-13H,1,3-7H2. The molecule has 4 aliphatic rings. The van der Waals surface area contributed by atoms with E-state index in [0.717, 1.165) is 29.6 Å². The Bertz CT molecular complexity index is 230. The third-order valence-corrected chi connectivity index (χ3v) is 5.45. The lowest BCUT2D eigenvalue weighted by Crippen LogP contribution is -2.21. The van der Waals surface area contributed by atoms with E-state index in [1.54, 1.807) is 19.3 Å². The Hall–Kier alpha value is 0. The third-order valence-electron chi connectivity index (χ3n) is 5.45. The van der Waals surface area contributed by atoms with Gasteiger partial charge in [-0.25, -0.2) is 0 Å². The Kier molecular flexibility index (Phi) is 1.31. The van der Waals surface area contributed by atoms with Crippen LogP contribution in [0.1, 0.15) is 38.5 Å². The first-order chi connectivity index (χ1) is 6.43. The summed E-state index contributed by atoms with van der Waals surface area (Å²) < 4.78 is 0. The molecular formula is C13H18. The molecule has 0 N–H and O–H groups in total. The first kappa shape index (κ1) is 7.31. The Morgan fingerprint density at radius 1 is 1.08 bits per heavy atom. The van der Waals surface area contributed by atoms with Crippen LogP contribution in [0.25, 0.3) is 0 Å². The summed E-state index contributed by atoms with van der Waals surface area (Å²) in [4.78, 5) is 0. The van der Waals surface area contributed by atoms with Crippen LogP contribution in [0.5, 0.6) is 0 Å². The van der Waals surface area contributed by atoms with Gasteiger partial charge in [-0.1, -0.05) is 0 Å². The van der Waals surface area contributed by atoms with Crippen LogP contribution in [0.3, 0.4) is 0 Å². The molecule has 0 heteroatoms. The second-order valence-electron chi connectivity index (χ2n) is 5.74. The largest absolute Gasteiger partial charge is 0.0499 e. The molecule has 0 saturated heterocycles. The number of fused-ring (bicyclic) bond motifs is 7. The highest BCUT2D eigenvalue weighted by atomic mass is 14.6. The highest BCUT2D eigenvalue weighted by molar-refractivity contribution is 5.24. The maximum atomic E-state index is 2.57. The van der Waals surface area contributed by atoms with Crippen molar-refractivity contribution in [3.63, 3.8) is 0 Å². The lowest BCUT2D eigenvalue weighted by molar-refractivity contribution is 0.212. The van der Waals surface area contributed by atoms with Crippen LogP contribution >= 0.6 is 0 Å². The smallest absolute Gasteiger partial charge is 0.0170 e. The van der Waals surface area contributed by atoms with E-state index in [1.165, 1.54) is 19.3 Å². The van der Waals surface area contributed by atoms with Gasteiger partial charge in [-0.05, 0) is 80.5 Å². The highest BCUT2D eigenvalue weighted by Crippen LogP contribution is 2.65. The molecule has 2 radical (unpaired) electrons. The van der Waals surface area contributed by atoms with Gasteiger partial charge in [-0.15, -0.1) is 0 Å². The Labute approximate surface area is 81.1 Å². The van der Waals surface area contributed by atoms with Gasteiger partial charge < -0.3 is 0 Å². The van der Waals surface area contributed by atoms with Crippen molar-refractivity contribution in [1.29, 1.82) is 0 Å². The zero-order valence-electron chi connectivity index (χ0n) is 8.21. The molecule has 0 aromatic heterocycles. The molecule has 0 aliphatic heterocycles. The van der Waals surface area contributed by atoms with Crippen molar-refractivity contribution in [2.24, 2.45) is 29.6 Å². The van der Waals surface area contributed by atoms with E-state index in [1.807, 2.05) is 5.92 Å². The number of hydrogen-bond donors (Lipinski definition) is 0. The van der Waals surface area contributed by atoms with Crippen molar-refractivity contribution in [3.8, 4) is 0 Å². The molecule has 2 bridgehead atoms. The maximum Gasteiger partial charge on any atom is -0.0170 e. The van der Waals surface area contributed by atoms with Gasteiger partial charge in [0.05, 0.1) is 0 Å². The molecule has 0 heterocycles. The lowest BCUT2D eigenvalue weighted by Gasteiger charge is -2.28. The average Bonchev–Trinajstić information content (AvgIpc) is 2.79. The molecule has 13 heavy (non-hydrogen) atoms. The Balaban J connectivity index is 1.70. The van der Waals surface area contributed by atoms with Crippen molar-refractivity contribution in [2.45, 2.75) is 38.5 Å². The van der Waals surface area contributed by atoms with Crippen LogP contribution in [0.15, 0.2) is 0 Å². The van der Waals surface area contributed by atoms with E-state index in [2.05, 4.69) is 6.42 Å². The van der Waals surface area contributed by atoms with E-state index in [4.69, 9.17) is 0 Å². The zero-order valence-corrected chi connectivity index (χ0v) is 8.21. The fourth-order valence-corrected chi connectivity index (χ4v) is 5.12. The summed E-state index contributed by atoms with van der Waals surface area (Å²) in [7, 11) is 0. The minimum Gasteiger partial charge on any atom is -0.0499 e. The quantitative estimate of drug-likeness (QED) is 0.529. The van der Waals surface area contributed by atoms with E-state index in [-0.39, 0.29) is 0 Å². The third kappa shape index (κ3) is 0.789. The van der Waals surface area contributed by atoms with Gasteiger partial charge in [0.15, 0.2) is 0 Å². The Morgan fingerprint density at radius 2 is 2.00 bits per heavy atom. The molecular weight excluding hydrogens is 156 g/mol. The first-order valence-corrected chi connectivity index (χ1v) is 6.12. The molecule has 0 aromatic rings. The molecule has 5 atom stereocenters. The highest BCUT2D eigenvalue weighted by Gasteiger charge is 2.57. The van der Waals surface area contributed by atoms with Gasteiger partial charge in [-0.3, -0.25) is 0 Å². The van der Waals surface area contributed by atoms with Gasteiger partial charge in [0.1, 0.15) is 0 Å². The van der Waals surface area contributed by atoms with Gasteiger partial charge in [0.25, 0.3) is 0 Å². The fraction of sp³-hybridized carbons (Fsp3) is 0.846. The lowest BCUT2D eigenvalue weighted by atomic mass is 9.77. The topological polar surface area (TPSA) is 0 Å². The predicted molar refractivity (Wildman–Crippen MR) is 52.7 cm³/mol. The van der Waals surface area contributed by atoms with Gasteiger partial charge in [0.2, 0.25) is 0 Å². The maximum absolute atomic E-state index is 2.57. The van der Waals surface area contributed by atoms with Gasteiger partial charge in [0, 0.05) is 0 Å². The summed E-state index contributed by atoms with van der Waals surface area (Å²) in [6.45, 7) is 0. The summed E-state index contributed by atoms with van der Waals surface area (Å²) >= 11 is 0. The Morgan fingerprint density at radius 3 is 3.00 bits per heavy atom. The van der Waals surface area contributed by atoms with E-state index >= 15 is 0 Å². The molecule has 4 saturated carbocycles. The number of rotatable bonds is 0. The molecule has 0 spiro atoms. The molecule has 0 aromatic carbocycles. The van der Waals surface area contributed by atoms with Crippen LogP contribution in [-0.2, 0) is 0 Å². The summed E-state index contributed by atoms with van der Waals surface area (Å²) in [5.41, 5.74) is 0. The van der Waals surface area contributed by atoms with Gasteiger partial charge >= 0.3 is 0 Å². The normalized spacial score (nSPS) is 58.6. The first-order valence-electron chi connectivity index (χ1n) is 6.12. The van der Waals surface area contributed by atoms with Crippen LogP contribution in [0.2, 0.25) is 0 Å². The van der Waals surface area contributed by atoms with Crippen LogP contribution < -0.4 is 0 Å². The monoisotopic (exact) mass is 174 g/mol. The molecule has 0 amide bonds. The minimum atomic E-state index is 1.07. The molecule has 4 aliphatic carbocycles. The van der Waals surface area contributed by atoms with Crippen LogP contribution in [-0.4, -0.2) is 0 Å². The van der Waals surface area contributed by atoms with E-state index < -0.39 is 0 Å². The van der Waals surface area contributed by atoms with Crippen molar-refractivity contribution in [2.75, 3.05) is 0 Å². The SMILES string of the molecule is [CH]1CCC2[C]1CC1C3CCC(C3)C21. The predicted octanol–water partition coefficient (Wildman–Crippen LogP) is 3.24. The number of hydrogen-bond acceptors (Lipinski definition) is 0. The van der Waals surface area contributed by atoms with Crippen molar-refractivity contribution < 1.29 is 0 Å². The van der Waals surface area contributed by atoms with Crippen molar-refractivity contribution >= 4 is 0 Å². The summed E-state index contributed by atoms with van der Waals surface area (Å²) in [5, 5.41) is 0. The molecule has 4 rings (SSSR count). The summed E-state index contributed by atoms with van der Waals surface area (Å²) in [6, 6.07) is 0. The van der Waals surface area contributed by atoms with Crippen LogP contribution in [0, 0.1) is 41.9 Å². The van der Waals surface area contributed by atoms with E-state index in [0.29, 0.717) is 0 Å². The molecule has 70 valence electrons. The second-order valence-corrected chi connectivity index (χ2v) is 5.74. The van der Waals surface area contributed by atoms with Gasteiger partial charge in [-0.2, -0.15) is 0 Å². The zero-order chi connectivity index (χ0) is 8.41. The fourth-order valence-electron chi connectivity index (χ4n) is 5.12.